The monoisotopic (exact) mass is 294 g/mol. The number of nitrogens with one attached hydrogen (secondary N) is 1. The van der Waals surface area contributed by atoms with E-state index in [-0.39, 0.29) is 18.2 Å². The number of alkyl halides is 3. The summed E-state index contributed by atoms with van der Waals surface area (Å²) in [6, 6.07) is 4.25. The van der Waals surface area contributed by atoms with Crippen molar-refractivity contribution < 1.29 is 17.9 Å². The molecule has 2 aromatic rings. The molecule has 0 fully saturated rings. The van der Waals surface area contributed by atoms with Crippen LogP contribution in [0.3, 0.4) is 0 Å². The molecule has 0 spiro atoms. The summed E-state index contributed by atoms with van der Waals surface area (Å²) in [6.45, 7) is 2.31. The Hall–Kier alpha value is -1.40. The molecule has 0 atom stereocenters. The number of rotatable bonds is 3. The molecule has 0 saturated heterocycles. The van der Waals surface area contributed by atoms with Crippen molar-refractivity contribution in [2.45, 2.75) is 19.7 Å². The van der Waals surface area contributed by atoms with Gasteiger partial charge in [0.1, 0.15) is 5.75 Å². The summed E-state index contributed by atoms with van der Waals surface area (Å²) >= 11 is 0. The van der Waals surface area contributed by atoms with E-state index >= 15 is 0 Å². The van der Waals surface area contributed by atoms with Crippen molar-refractivity contribution >= 4 is 23.3 Å². The molecule has 0 radical (unpaired) electrons. The molecule has 0 bridgehead atoms. The van der Waals surface area contributed by atoms with Crippen molar-refractivity contribution in [3.63, 3.8) is 0 Å². The highest BCUT2D eigenvalue weighted by Crippen LogP contribution is 2.29. The number of hydrogen-bond donors (Lipinski definition) is 2. The van der Waals surface area contributed by atoms with E-state index in [2.05, 4.69) is 9.72 Å². The Kier molecular flexibility index (Phi) is 4.70. The van der Waals surface area contributed by atoms with E-state index in [4.69, 9.17) is 5.73 Å². The average molecular weight is 295 g/mol. The zero-order valence-electron chi connectivity index (χ0n) is 10.2. The Morgan fingerprint density at radius 2 is 2.00 bits per heavy atom. The van der Waals surface area contributed by atoms with Crippen LogP contribution in [0.5, 0.6) is 5.75 Å². The molecule has 19 heavy (non-hydrogen) atoms. The second kappa shape index (κ2) is 5.71. The summed E-state index contributed by atoms with van der Waals surface area (Å²) in [5.41, 5.74) is 8.12. The Morgan fingerprint density at radius 3 is 2.58 bits per heavy atom. The predicted molar refractivity (Wildman–Crippen MR) is 69.7 cm³/mol. The second-order valence-corrected chi connectivity index (χ2v) is 4.02. The number of benzene rings is 1. The predicted octanol–water partition coefficient (Wildman–Crippen LogP) is 3.30. The quantitative estimate of drug-likeness (QED) is 0.912. The third-order valence-corrected chi connectivity index (χ3v) is 2.72. The first kappa shape index (κ1) is 15.7. The van der Waals surface area contributed by atoms with E-state index in [1.54, 1.807) is 6.07 Å². The lowest BCUT2D eigenvalue weighted by molar-refractivity contribution is -0.274. The smallest absolute Gasteiger partial charge is 0.406 e. The number of H-pyrrole nitrogens is 1. The maximum Gasteiger partial charge on any atom is 0.573 e. The molecule has 0 amide bonds. The van der Waals surface area contributed by atoms with Gasteiger partial charge in [0.25, 0.3) is 0 Å². The highest BCUT2D eigenvalue weighted by Gasteiger charge is 2.31. The van der Waals surface area contributed by atoms with Gasteiger partial charge < -0.3 is 15.5 Å². The van der Waals surface area contributed by atoms with Crippen molar-refractivity contribution in [3.8, 4) is 5.75 Å². The number of aromatic amines is 1. The van der Waals surface area contributed by atoms with Gasteiger partial charge in [0, 0.05) is 16.6 Å². The summed E-state index contributed by atoms with van der Waals surface area (Å²) in [7, 11) is 0. The zero-order valence-corrected chi connectivity index (χ0v) is 11.0. The number of fused-ring (bicyclic) bond motifs is 1. The molecule has 0 aliphatic carbocycles. The average Bonchev–Trinajstić information content (AvgIpc) is 2.54. The van der Waals surface area contributed by atoms with Crippen LogP contribution < -0.4 is 10.5 Å². The molecule has 0 aliphatic heterocycles. The molecule has 0 unspecified atom stereocenters. The minimum atomic E-state index is -4.67. The summed E-state index contributed by atoms with van der Waals surface area (Å²) < 4.78 is 40.3. The molecule has 7 heteroatoms. The topological polar surface area (TPSA) is 51.0 Å². The molecule has 0 aliphatic rings. The van der Waals surface area contributed by atoms with Crippen LogP contribution in [-0.2, 0) is 6.42 Å². The lowest BCUT2D eigenvalue weighted by atomic mass is 10.1. The first-order valence-corrected chi connectivity index (χ1v) is 5.48. The number of nitrogens with two attached hydrogens (primary N) is 1. The molecule has 1 aromatic heterocycles. The Morgan fingerprint density at radius 1 is 1.32 bits per heavy atom. The van der Waals surface area contributed by atoms with Gasteiger partial charge in [-0.2, -0.15) is 0 Å². The van der Waals surface area contributed by atoms with E-state index in [1.165, 1.54) is 12.1 Å². The largest absolute Gasteiger partial charge is 0.573 e. The van der Waals surface area contributed by atoms with E-state index in [0.29, 0.717) is 13.0 Å². The van der Waals surface area contributed by atoms with Crippen molar-refractivity contribution in [3.05, 3.63) is 29.5 Å². The van der Waals surface area contributed by atoms with E-state index < -0.39 is 6.36 Å². The van der Waals surface area contributed by atoms with Gasteiger partial charge in [0.2, 0.25) is 0 Å². The van der Waals surface area contributed by atoms with Crippen LogP contribution in [0.1, 0.15) is 11.3 Å². The van der Waals surface area contributed by atoms with Gasteiger partial charge in [0.15, 0.2) is 0 Å². The molecule has 3 N–H and O–H groups in total. The summed E-state index contributed by atoms with van der Waals surface area (Å²) in [5.74, 6) is -0.215. The van der Waals surface area contributed by atoms with Crippen LogP contribution in [0.25, 0.3) is 10.9 Å². The Labute approximate surface area is 114 Å². The fraction of sp³-hybridized carbons (Fsp3) is 0.333. The third-order valence-electron chi connectivity index (χ3n) is 2.72. The van der Waals surface area contributed by atoms with Gasteiger partial charge in [-0.25, -0.2) is 0 Å². The Bertz CT molecular complexity index is 566. The lowest BCUT2D eigenvalue weighted by Crippen LogP contribution is -2.17. The van der Waals surface area contributed by atoms with Crippen LogP contribution >= 0.6 is 12.4 Å². The van der Waals surface area contributed by atoms with Gasteiger partial charge in [-0.1, -0.05) is 0 Å². The molecular formula is C12H14ClF3N2O. The molecular weight excluding hydrogens is 281 g/mol. The molecule has 106 valence electrons. The van der Waals surface area contributed by atoms with Crippen molar-refractivity contribution in [1.29, 1.82) is 0 Å². The Balaban J connectivity index is 0.00000180. The van der Waals surface area contributed by atoms with Gasteiger partial charge in [-0.15, -0.1) is 25.6 Å². The van der Waals surface area contributed by atoms with Crippen LogP contribution in [0, 0.1) is 6.92 Å². The van der Waals surface area contributed by atoms with Crippen LogP contribution in [0.2, 0.25) is 0 Å². The minimum absolute atomic E-state index is 0. The normalized spacial score (nSPS) is 11.4. The van der Waals surface area contributed by atoms with Crippen LogP contribution in [0.4, 0.5) is 13.2 Å². The van der Waals surface area contributed by atoms with Gasteiger partial charge >= 0.3 is 6.36 Å². The SMILES string of the molecule is Cc1[nH]c2ccc(OC(F)(F)F)cc2c1CCN.Cl. The first-order chi connectivity index (χ1) is 8.40. The molecule has 1 heterocycles. The highest BCUT2D eigenvalue weighted by molar-refractivity contribution is 5.86. The van der Waals surface area contributed by atoms with Gasteiger partial charge in [-0.3, -0.25) is 0 Å². The number of halogens is 4. The summed E-state index contributed by atoms with van der Waals surface area (Å²) in [4.78, 5) is 3.11. The van der Waals surface area contributed by atoms with Crippen molar-refractivity contribution in [1.82, 2.24) is 4.98 Å². The molecule has 0 saturated carbocycles. The van der Waals surface area contributed by atoms with E-state index in [9.17, 15) is 13.2 Å². The van der Waals surface area contributed by atoms with Gasteiger partial charge in [-0.05, 0) is 43.7 Å². The number of hydrogen-bond acceptors (Lipinski definition) is 2. The number of aromatic nitrogens is 1. The van der Waals surface area contributed by atoms with E-state index in [1.807, 2.05) is 6.92 Å². The van der Waals surface area contributed by atoms with Crippen LogP contribution in [-0.4, -0.2) is 17.9 Å². The lowest BCUT2D eigenvalue weighted by Gasteiger charge is -2.08. The van der Waals surface area contributed by atoms with Crippen molar-refractivity contribution in [2.75, 3.05) is 6.54 Å². The minimum Gasteiger partial charge on any atom is -0.406 e. The fourth-order valence-electron chi connectivity index (χ4n) is 2.03. The van der Waals surface area contributed by atoms with Gasteiger partial charge in [0.05, 0.1) is 0 Å². The number of aryl methyl sites for hydroxylation is 1. The molecule has 2 rings (SSSR count). The highest BCUT2D eigenvalue weighted by atomic mass is 35.5. The second-order valence-electron chi connectivity index (χ2n) is 4.02. The molecule has 3 nitrogen and oxygen atoms in total. The third kappa shape index (κ3) is 3.54. The van der Waals surface area contributed by atoms with Crippen LogP contribution in [0.15, 0.2) is 18.2 Å². The van der Waals surface area contributed by atoms with Crippen molar-refractivity contribution in [2.24, 2.45) is 5.73 Å². The maximum atomic E-state index is 12.1. The summed E-state index contributed by atoms with van der Waals surface area (Å²) in [6.07, 6.45) is -4.06. The summed E-state index contributed by atoms with van der Waals surface area (Å²) in [5, 5.41) is 0.722. The van der Waals surface area contributed by atoms with E-state index in [0.717, 1.165) is 22.2 Å². The number of ether oxygens (including phenoxy) is 1. The fourth-order valence-corrected chi connectivity index (χ4v) is 2.03. The molecule has 1 aromatic carbocycles. The maximum absolute atomic E-state index is 12.1. The zero-order chi connectivity index (χ0) is 13.3. The first-order valence-electron chi connectivity index (χ1n) is 5.48. The standard InChI is InChI=1S/C12H13F3N2O.ClH/c1-7-9(4-5-16)10-6-8(18-12(13,14)15)2-3-11(10)17-7;/h2-3,6,17H,4-5,16H2,1H3;1H.